The van der Waals surface area contributed by atoms with Crippen molar-refractivity contribution in [1.29, 1.82) is 0 Å². The predicted octanol–water partition coefficient (Wildman–Crippen LogP) is 0.266. The summed E-state index contributed by atoms with van der Waals surface area (Å²) in [6, 6.07) is 5.68. The minimum absolute atomic E-state index is 0.241. The molecule has 5 N–H and O–H groups in total. The number of hydrogen-bond donors (Lipinski definition) is 4. The van der Waals surface area contributed by atoms with Crippen LogP contribution in [0, 0.1) is 0 Å². The first-order valence-electron chi connectivity index (χ1n) is 5.06. The number of halogens is 1. The Morgan fingerprint density at radius 2 is 2.00 bits per heavy atom. The molecule has 1 unspecified atom stereocenters. The lowest BCUT2D eigenvalue weighted by Gasteiger charge is -2.40. The van der Waals surface area contributed by atoms with Crippen molar-refractivity contribution in [3.05, 3.63) is 33.8 Å². The van der Waals surface area contributed by atoms with Gasteiger partial charge >= 0.3 is 0 Å². The van der Waals surface area contributed by atoms with Gasteiger partial charge in [0.15, 0.2) is 0 Å². The molecule has 1 aliphatic rings. The van der Waals surface area contributed by atoms with Crippen molar-refractivity contribution in [2.45, 2.75) is 30.8 Å². The van der Waals surface area contributed by atoms with Crippen LogP contribution < -0.4 is 5.73 Å². The molecule has 1 atom stereocenters. The SMILES string of the molecule is NC1(C(O)(O)O)CCc2c(Br)cccc2C1. The molecule has 0 aromatic heterocycles. The van der Waals surface area contributed by atoms with Gasteiger partial charge in [0.25, 0.3) is 5.97 Å². The predicted molar refractivity (Wildman–Crippen MR) is 62.5 cm³/mol. The Labute approximate surface area is 102 Å². The zero-order valence-corrected chi connectivity index (χ0v) is 10.2. The zero-order chi connectivity index (χ0) is 12.0. The molecule has 88 valence electrons. The highest BCUT2D eigenvalue weighted by Crippen LogP contribution is 2.35. The molecule has 0 saturated heterocycles. The molecule has 0 radical (unpaired) electrons. The van der Waals surface area contributed by atoms with Gasteiger partial charge < -0.3 is 21.1 Å². The van der Waals surface area contributed by atoms with Crippen LogP contribution in [0.3, 0.4) is 0 Å². The lowest BCUT2D eigenvalue weighted by Crippen LogP contribution is -2.63. The summed E-state index contributed by atoms with van der Waals surface area (Å²) in [6.07, 6.45) is 1.17. The largest absolute Gasteiger partial charge is 0.342 e. The van der Waals surface area contributed by atoms with Crippen molar-refractivity contribution >= 4 is 15.9 Å². The van der Waals surface area contributed by atoms with Crippen molar-refractivity contribution in [1.82, 2.24) is 0 Å². The average molecular weight is 288 g/mol. The number of benzene rings is 1. The van der Waals surface area contributed by atoms with E-state index in [1.165, 1.54) is 0 Å². The molecule has 1 aromatic rings. The summed E-state index contributed by atoms with van der Waals surface area (Å²) in [5, 5.41) is 27.8. The molecule has 0 fully saturated rings. The van der Waals surface area contributed by atoms with E-state index in [1.54, 1.807) is 0 Å². The molecule has 0 spiro atoms. The molecular weight excluding hydrogens is 274 g/mol. The third-order valence-electron chi connectivity index (χ3n) is 3.21. The Balaban J connectivity index is 2.38. The minimum Gasteiger partial charge on any atom is -0.342 e. The number of nitrogens with two attached hydrogens (primary N) is 1. The number of rotatable bonds is 1. The Hall–Kier alpha value is -0.460. The van der Waals surface area contributed by atoms with E-state index < -0.39 is 11.5 Å². The van der Waals surface area contributed by atoms with Gasteiger partial charge in [0.2, 0.25) is 0 Å². The Kier molecular flexibility index (Phi) is 2.84. The van der Waals surface area contributed by atoms with Gasteiger partial charge in [-0.2, -0.15) is 0 Å². The van der Waals surface area contributed by atoms with E-state index in [2.05, 4.69) is 15.9 Å². The quantitative estimate of drug-likeness (QED) is 0.559. The molecule has 0 amide bonds. The topological polar surface area (TPSA) is 86.7 Å². The van der Waals surface area contributed by atoms with E-state index in [-0.39, 0.29) is 6.42 Å². The van der Waals surface area contributed by atoms with Crippen LogP contribution in [0.15, 0.2) is 22.7 Å². The number of hydrogen-bond acceptors (Lipinski definition) is 4. The first kappa shape index (κ1) is 12.0. The van der Waals surface area contributed by atoms with Gasteiger partial charge in [0.1, 0.15) is 5.54 Å². The van der Waals surface area contributed by atoms with E-state index in [0.29, 0.717) is 12.8 Å². The van der Waals surface area contributed by atoms with Gasteiger partial charge in [-0.25, -0.2) is 0 Å². The van der Waals surface area contributed by atoms with Crippen molar-refractivity contribution < 1.29 is 15.3 Å². The maximum absolute atomic E-state index is 9.27. The van der Waals surface area contributed by atoms with Crippen LogP contribution in [0.4, 0.5) is 0 Å². The van der Waals surface area contributed by atoms with Crippen LogP contribution in [-0.4, -0.2) is 26.8 Å². The highest BCUT2D eigenvalue weighted by Gasteiger charge is 2.47. The van der Waals surface area contributed by atoms with E-state index >= 15 is 0 Å². The molecule has 0 heterocycles. The third-order valence-corrected chi connectivity index (χ3v) is 3.95. The summed E-state index contributed by atoms with van der Waals surface area (Å²) in [6.45, 7) is 0. The molecular formula is C11H14BrNO3. The minimum atomic E-state index is -2.84. The van der Waals surface area contributed by atoms with E-state index in [4.69, 9.17) is 5.73 Å². The molecule has 0 bridgehead atoms. The fourth-order valence-electron chi connectivity index (χ4n) is 2.11. The maximum atomic E-state index is 9.27. The van der Waals surface area contributed by atoms with Gasteiger partial charge in [0, 0.05) is 4.47 Å². The lowest BCUT2D eigenvalue weighted by atomic mass is 9.77. The molecule has 0 aliphatic heterocycles. The molecule has 4 nitrogen and oxygen atoms in total. The summed E-state index contributed by atoms with van der Waals surface area (Å²) >= 11 is 3.44. The third kappa shape index (κ3) is 1.89. The first-order chi connectivity index (χ1) is 7.33. The van der Waals surface area contributed by atoms with Crippen molar-refractivity contribution in [3.8, 4) is 0 Å². The van der Waals surface area contributed by atoms with Crippen LogP contribution in [0.1, 0.15) is 17.5 Å². The van der Waals surface area contributed by atoms with Crippen LogP contribution in [-0.2, 0) is 12.8 Å². The highest BCUT2D eigenvalue weighted by molar-refractivity contribution is 9.10. The van der Waals surface area contributed by atoms with Crippen molar-refractivity contribution in [2.75, 3.05) is 0 Å². The Bertz CT molecular complexity index is 416. The summed E-state index contributed by atoms with van der Waals surface area (Å²) in [7, 11) is 0. The Morgan fingerprint density at radius 3 is 2.62 bits per heavy atom. The number of aliphatic hydroxyl groups is 3. The molecule has 2 rings (SSSR count). The molecule has 1 aromatic carbocycles. The van der Waals surface area contributed by atoms with Crippen LogP contribution in [0.25, 0.3) is 0 Å². The summed E-state index contributed by atoms with van der Waals surface area (Å²) in [5.74, 6) is -2.84. The lowest BCUT2D eigenvalue weighted by molar-refractivity contribution is -0.349. The second-order valence-electron chi connectivity index (χ2n) is 4.35. The van der Waals surface area contributed by atoms with Gasteiger partial charge in [-0.3, -0.25) is 0 Å². The second-order valence-corrected chi connectivity index (χ2v) is 5.20. The molecule has 16 heavy (non-hydrogen) atoms. The summed E-state index contributed by atoms with van der Waals surface area (Å²) in [4.78, 5) is 0. The number of fused-ring (bicyclic) bond motifs is 1. The van der Waals surface area contributed by atoms with Gasteiger partial charge in [-0.1, -0.05) is 28.1 Å². The van der Waals surface area contributed by atoms with Crippen molar-refractivity contribution in [3.63, 3.8) is 0 Å². The molecule has 1 aliphatic carbocycles. The fourth-order valence-corrected chi connectivity index (χ4v) is 2.72. The fraction of sp³-hybridized carbons (Fsp3) is 0.455. The Morgan fingerprint density at radius 1 is 1.31 bits per heavy atom. The summed E-state index contributed by atoms with van der Waals surface area (Å²) in [5.41, 5.74) is 6.49. The molecule has 0 saturated carbocycles. The van der Waals surface area contributed by atoms with E-state index in [0.717, 1.165) is 15.6 Å². The molecule has 5 heteroatoms. The zero-order valence-electron chi connectivity index (χ0n) is 8.65. The van der Waals surface area contributed by atoms with Crippen molar-refractivity contribution in [2.24, 2.45) is 5.73 Å². The van der Waals surface area contributed by atoms with Crippen LogP contribution in [0.2, 0.25) is 0 Å². The van der Waals surface area contributed by atoms with Gasteiger partial charge in [0.05, 0.1) is 0 Å². The highest BCUT2D eigenvalue weighted by atomic mass is 79.9. The van der Waals surface area contributed by atoms with E-state index in [1.807, 2.05) is 18.2 Å². The van der Waals surface area contributed by atoms with Crippen LogP contribution in [0.5, 0.6) is 0 Å². The average Bonchev–Trinajstić information content (AvgIpc) is 2.16. The maximum Gasteiger partial charge on any atom is 0.294 e. The normalized spacial score (nSPS) is 25.3. The monoisotopic (exact) mass is 287 g/mol. The van der Waals surface area contributed by atoms with E-state index in [9.17, 15) is 15.3 Å². The second kappa shape index (κ2) is 3.78. The van der Waals surface area contributed by atoms with Gasteiger partial charge in [-0.15, -0.1) is 0 Å². The summed E-state index contributed by atoms with van der Waals surface area (Å²) < 4.78 is 0.992. The standard InChI is InChI=1S/C11H14BrNO3/c12-9-3-1-2-7-6-10(13,11(14,15)16)5-4-8(7)9/h1-3,14-16H,4-6,13H2. The smallest absolute Gasteiger partial charge is 0.294 e. The van der Waals surface area contributed by atoms with Crippen LogP contribution >= 0.6 is 15.9 Å². The van der Waals surface area contributed by atoms with Gasteiger partial charge in [-0.05, 0) is 36.5 Å². The first-order valence-corrected chi connectivity index (χ1v) is 5.85.